The van der Waals surface area contributed by atoms with E-state index in [1.807, 2.05) is 0 Å². The van der Waals surface area contributed by atoms with Crippen molar-refractivity contribution in [2.75, 3.05) is 11.5 Å². The van der Waals surface area contributed by atoms with Gasteiger partial charge in [0.1, 0.15) is 5.75 Å². The summed E-state index contributed by atoms with van der Waals surface area (Å²) >= 11 is 0. The zero-order valence-corrected chi connectivity index (χ0v) is 12.9. The third kappa shape index (κ3) is 3.97. The number of sulfone groups is 1. The van der Waals surface area contributed by atoms with Crippen LogP contribution in [0.3, 0.4) is 0 Å². The number of nitrogens with one attached hydrogen (secondary N) is 1. The van der Waals surface area contributed by atoms with Crippen LogP contribution in [0.2, 0.25) is 0 Å². The van der Waals surface area contributed by atoms with Crippen molar-refractivity contribution in [3.05, 3.63) is 29.8 Å². The monoisotopic (exact) mass is 326 g/mol. The van der Waals surface area contributed by atoms with Crippen molar-refractivity contribution in [1.29, 1.82) is 0 Å². The molecule has 2 amide bonds. The summed E-state index contributed by atoms with van der Waals surface area (Å²) in [6.07, 6.45) is -0.470. The lowest BCUT2D eigenvalue weighted by atomic mass is 10.2. The van der Waals surface area contributed by atoms with Crippen LogP contribution in [0.15, 0.2) is 24.3 Å². The molecule has 0 saturated carbocycles. The Balaban J connectivity index is 1.99. The molecule has 1 heterocycles. The van der Waals surface area contributed by atoms with Crippen LogP contribution < -0.4 is 15.8 Å². The van der Waals surface area contributed by atoms with E-state index in [9.17, 15) is 18.0 Å². The number of carbonyl (C=O) groups is 2. The van der Waals surface area contributed by atoms with Crippen LogP contribution in [-0.4, -0.2) is 43.9 Å². The smallest absolute Gasteiger partial charge is 0.261 e. The van der Waals surface area contributed by atoms with Gasteiger partial charge in [0.15, 0.2) is 15.9 Å². The summed E-state index contributed by atoms with van der Waals surface area (Å²) < 4.78 is 28.2. The molecule has 0 aliphatic carbocycles. The fourth-order valence-corrected chi connectivity index (χ4v) is 3.92. The molecule has 0 aromatic heterocycles. The molecule has 1 aromatic carbocycles. The SMILES string of the molecule is C[C@H](Oc1ccccc1C(N)=O)C(=O)N[C@H]1CCS(=O)(=O)C1. The van der Waals surface area contributed by atoms with Crippen molar-refractivity contribution >= 4 is 21.7 Å². The molecule has 3 N–H and O–H groups in total. The van der Waals surface area contributed by atoms with E-state index >= 15 is 0 Å². The van der Waals surface area contributed by atoms with Crippen LogP contribution in [0.25, 0.3) is 0 Å². The molecule has 0 radical (unpaired) electrons. The number of hydrogen-bond acceptors (Lipinski definition) is 5. The summed E-state index contributed by atoms with van der Waals surface area (Å²) in [7, 11) is -3.06. The molecule has 1 aliphatic rings. The van der Waals surface area contributed by atoms with E-state index in [1.165, 1.54) is 13.0 Å². The van der Waals surface area contributed by atoms with Crippen molar-refractivity contribution in [2.45, 2.75) is 25.5 Å². The maximum atomic E-state index is 12.0. The summed E-state index contributed by atoms with van der Waals surface area (Å²) in [5.74, 6) is -0.829. The quantitative estimate of drug-likeness (QED) is 0.781. The summed E-state index contributed by atoms with van der Waals surface area (Å²) in [6, 6.07) is 5.96. The predicted molar refractivity (Wildman–Crippen MR) is 80.3 cm³/mol. The number of ether oxygens (including phenoxy) is 1. The van der Waals surface area contributed by atoms with Crippen LogP contribution in [0.5, 0.6) is 5.75 Å². The second-order valence-electron chi connectivity index (χ2n) is 5.23. The summed E-state index contributed by atoms with van der Waals surface area (Å²) in [5.41, 5.74) is 5.43. The zero-order valence-electron chi connectivity index (χ0n) is 12.1. The minimum atomic E-state index is -3.06. The second kappa shape index (κ2) is 6.35. The average molecular weight is 326 g/mol. The van der Waals surface area contributed by atoms with Crippen LogP contribution >= 0.6 is 0 Å². The first-order chi connectivity index (χ1) is 10.3. The number of rotatable bonds is 5. The largest absolute Gasteiger partial charge is 0.480 e. The van der Waals surface area contributed by atoms with Gasteiger partial charge in [-0.05, 0) is 25.5 Å². The van der Waals surface area contributed by atoms with Crippen molar-refractivity contribution < 1.29 is 22.7 Å². The van der Waals surface area contributed by atoms with Crippen molar-refractivity contribution in [3.63, 3.8) is 0 Å². The molecule has 120 valence electrons. The maximum Gasteiger partial charge on any atom is 0.261 e. The molecular formula is C14H18N2O5S. The van der Waals surface area contributed by atoms with Crippen LogP contribution in [0, 0.1) is 0 Å². The lowest BCUT2D eigenvalue weighted by Crippen LogP contribution is -2.43. The third-order valence-corrected chi connectivity index (χ3v) is 5.17. The molecule has 1 saturated heterocycles. The van der Waals surface area contributed by atoms with E-state index in [1.54, 1.807) is 18.2 Å². The van der Waals surface area contributed by atoms with Gasteiger partial charge in [-0.1, -0.05) is 12.1 Å². The van der Waals surface area contributed by atoms with Gasteiger partial charge in [-0.25, -0.2) is 8.42 Å². The Morgan fingerprint density at radius 2 is 2.05 bits per heavy atom. The second-order valence-corrected chi connectivity index (χ2v) is 7.46. The van der Waals surface area contributed by atoms with E-state index in [0.717, 1.165) is 0 Å². The standard InChI is InChI=1S/C14H18N2O5S/c1-9(14(18)16-10-6-7-22(19,20)8-10)21-12-5-3-2-4-11(12)13(15)17/h2-5,9-10H,6-8H2,1H3,(H2,15,17)(H,16,18)/t9-,10-/m0/s1. The number of para-hydroxylation sites is 1. The Hall–Kier alpha value is -2.09. The molecule has 8 heteroatoms. The van der Waals surface area contributed by atoms with Gasteiger partial charge in [-0.15, -0.1) is 0 Å². The van der Waals surface area contributed by atoms with E-state index in [4.69, 9.17) is 10.5 Å². The van der Waals surface area contributed by atoms with Gasteiger partial charge in [-0.2, -0.15) is 0 Å². The van der Waals surface area contributed by atoms with E-state index < -0.39 is 33.8 Å². The van der Waals surface area contributed by atoms with Gasteiger partial charge in [0.25, 0.3) is 11.8 Å². The predicted octanol–water partition coefficient (Wildman–Crippen LogP) is -0.144. The average Bonchev–Trinajstić information content (AvgIpc) is 2.78. The van der Waals surface area contributed by atoms with Crippen molar-refractivity contribution in [1.82, 2.24) is 5.32 Å². The lowest BCUT2D eigenvalue weighted by Gasteiger charge is -2.18. The molecule has 7 nitrogen and oxygen atoms in total. The molecule has 0 bridgehead atoms. The molecule has 1 aromatic rings. The minimum Gasteiger partial charge on any atom is -0.480 e. The Morgan fingerprint density at radius 1 is 1.36 bits per heavy atom. The molecule has 2 rings (SSSR count). The fraction of sp³-hybridized carbons (Fsp3) is 0.429. The Kier molecular flexibility index (Phi) is 4.70. The van der Waals surface area contributed by atoms with Crippen LogP contribution in [0.1, 0.15) is 23.7 Å². The highest BCUT2D eigenvalue weighted by Crippen LogP contribution is 2.19. The van der Waals surface area contributed by atoms with Crippen molar-refractivity contribution in [2.24, 2.45) is 5.73 Å². The highest BCUT2D eigenvalue weighted by molar-refractivity contribution is 7.91. The fourth-order valence-electron chi connectivity index (χ4n) is 2.24. The minimum absolute atomic E-state index is 0.0522. The van der Waals surface area contributed by atoms with Gasteiger partial charge in [0.05, 0.1) is 17.1 Å². The number of nitrogens with two attached hydrogens (primary N) is 1. The number of hydrogen-bond donors (Lipinski definition) is 2. The number of carbonyl (C=O) groups excluding carboxylic acids is 2. The molecule has 0 spiro atoms. The lowest BCUT2D eigenvalue weighted by molar-refractivity contribution is -0.127. The van der Waals surface area contributed by atoms with Gasteiger partial charge in [0.2, 0.25) is 0 Å². The highest BCUT2D eigenvalue weighted by atomic mass is 32.2. The first-order valence-electron chi connectivity index (χ1n) is 6.85. The van der Waals surface area contributed by atoms with Gasteiger partial charge in [-0.3, -0.25) is 9.59 Å². The zero-order chi connectivity index (χ0) is 16.3. The molecule has 0 unspecified atom stereocenters. The number of primary amides is 1. The Labute approximate surface area is 128 Å². The first kappa shape index (κ1) is 16.3. The van der Waals surface area contributed by atoms with Gasteiger partial charge < -0.3 is 15.8 Å². The third-order valence-electron chi connectivity index (χ3n) is 3.40. The molecule has 22 heavy (non-hydrogen) atoms. The summed E-state index contributed by atoms with van der Waals surface area (Å²) in [5, 5.41) is 2.64. The molecule has 1 aliphatic heterocycles. The van der Waals surface area contributed by atoms with Crippen LogP contribution in [-0.2, 0) is 14.6 Å². The number of benzene rings is 1. The Morgan fingerprint density at radius 3 is 2.64 bits per heavy atom. The first-order valence-corrected chi connectivity index (χ1v) is 8.67. The highest BCUT2D eigenvalue weighted by Gasteiger charge is 2.30. The Bertz CT molecular complexity index is 686. The summed E-state index contributed by atoms with van der Waals surface area (Å²) in [4.78, 5) is 23.3. The van der Waals surface area contributed by atoms with Gasteiger partial charge >= 0.3 is 0 Å². The van der Waals surface area contributed by atoms with Gasteiger partial charge in [0, 0.05) is 6.04 Å². The molecular weight excluding hydrogens is 308 g/mol. The molecule has 2 atom stereocenters. The van der Waals surface area contributed by atoms with E-state index in [2.05, 4.69) is 5.32 Å². The van der Waals surface area contributed by atoms with E-state index in [0.29, 0.717) is 6.42 Å². The normalized spacial score (nSPS) is 21.0. The van der Waals surface area contributed by atoms with Crippen molar-refractivity contribution in [3.8, 4) is 5.75 Å². The maximum absolute atomic E-state index is 12.0. The number of amides is 2. The molecule has 1 fully saturated rings. The van der Waals surface area contributed by atoms with E-state index in [-0.39, 0.29) is 22.8 Å². The van der Waals surface area contributed by atoms with Crippen LogP contribution in [0.4, 0.5) is 0 Å². The topological polar surface area (TPSA) is 116 Å². The summed E-state index contributed by atoms with van der Waals surface area (Å²) in [6.45, 7) is 1.52.